The van der Waals surface area contributed by atoms with Gasteiger partial charge in [-0.2, -0.15) is 8.78 Å². The molecule has 0 saturated heterocycles. The number of unbranched alkanes of at least 4 members (excludes halogenated alkanes) is 1. The maximum Gasteiger partial charge on any atom is 0.204 e. The van der Waals surface area contributed by atoms with Crippen LogP contribution in [0, 0.1) is 11.6 Å². The molecular formula is C25H26F2O2. The Morgan fingerprint density at radius 2 is 1.17 bits per heavy atom. The second kappa shape index (κ2) is 10.1. The van der Waals surface area contributed by atoms with Crippen LogP contribution in [0.2, 0.25) is 0 Å². The first-order valence-corrected chi connectivity index (χ1v) is 10.0. The molecule has 0 fully saturated rings. The van der Waals surface area contributed by atoms with Crippen molar-refractivity contribution < 1.29 is 18.3 Å². The topological polar surface area (TPSA) is 18.5 Å². The minimum absolute atomic E-state index is 0.109. The molecule has 0 saturated carbocycles. The van der Waals surface area contributed by atoms with Crippen molar-refractivity contribution in [3.05, 3.63) is 83.4 Å². The van der Waals surface area contributed by atoms with Crippen LogP contribution in [0.1, 0.15) is 37.8 Å². The highest BCUT2D eigenvalue weighted by atomic mass is 19.2. The fraction of sp³-hybridized carbons (Fsp3) is 0.280. The molecule has 152 valence electrons. The highest BCUT2D eigenvalue weighted by molar-refractivity contribution is 5.64. The number of aryl methyl sites for hydroxylation is 1. The van der Waals surface area contributed by atoms with Crippen LogP contribution in [0.5, 0.6) is 11.5 Å². The van der Waals surface area contributed by atoms with Crippen LogP contribution >= 0.6 is 0 Å². The molecule has 2 nitrogen and oxygen atoms in total. The van der Waals surface area contributed by atoms with Gasteiger partial charge in [0.2, 0.25) is 11.6 Å². The Bertz CT molecular complexity index is 919. The first-order chi connectivity index (χ1) is 14.1. The quantitative estimate of drug-likeness (QED) is 0.389. The zero-order chi connectivity index (χ0) is 20.6. The van der Waals surface area contributed by atoms with Crippen LogP contribution in [0.4, 0.5) is 8.78 Å². The molecule has 0 unspecified atom stereocenters. The molecule has 0 bridgehead atoms. The minimum Gasteiger partial charge on any atom is -0.491 e. The van der Waals surface area contributed by atoms with Crippen molar-refractivity contribution >= 4 is 0 Å². The monoisotopic (exact) mass is 396 g/mol. The predicted molar refractivity (Wildman–Crippen MR) is 112 cm³/mol. The molecular weight excluding hydrogens is 370 g/mol. The third-order valence-corrected chi connectivity index (χ3v) is 4.77. The molecule has 0 radical (unpaired) electrons. The smallest absolute Gasteiger partial charge is 0.204 e. The van der Waals surface area contributed by atoms with E-state index in [1.807, 2.05) is 24.3 Å². The Morgan fingerprint density at radius 3 is 1.69 bits per heavy atom. The standard InChI is InChI=1S/C25H26F2O2/c1-3-5-6-18-7-11-20(12-8-18)21-13-9-19(10-14-21)17-29-23-16-15-22(28-4-2)24(26)25(23)27/h7-16H,3-6,17H2,1-2H3. The van der Waals surface area contributed by atoms with Crippen LogP contribution in [0.25, 0.3) is 11.1 Å². The van der Waals surface area contributed by atoms with Gasteiger partial charge in [-0.3, -0.25) is 0 Å². The highest BCUT2D eigenvalue weighted by Crippen LogP contribution is 2.28. The molecule has 0 aliphatic carbocycles. The summed E-state index contributed by atoms with van der Waals surface area (Å²) < 4.78 is 38.5. The molecule has 3 rings (SSSR count). The fourth-order valence-electron chi connectivity index (χ4n) is 3.09. The summed E-state index contributed by atoms with van der Waals surface area (Å²) in [6.45, 7) is 4.33. The van der Waals surface area contributed by atoms with E-state index in [1.165, 1.54) is 30.5 Å². The molecule has 0 aliphatic rings. The van der Waals surface area contributed by atoms with E-state index in [-0.39, 0.29) is 24.7 Å². The largest absolute Gasteiger partial charge is 0.491 e. The number of benzene rings is 3. The summed E-state index contributed by atoms with van der Waals surface area (Å²) in [4.78, 5) is 0. The van der Waals surface area contributed by atoms with Gasteiger partial charge < -0.3 is 9.47 Å². The average Bonchev–Trinajstić information content (AvgIpc) is 2.76. The average molecular weight is 396 g/mol. The van der Waals surface area contributed by atoms with Crippen LogP contribution in [-0.4, -0.2) is 6.61 Å². The SMILES string of the molecule is CCCCc1ccc(-c2ccc(COc3ccc(OCC)c(F)c3F)cc2)cc1. The lowest BCUT2D eigenvalue weighted by Crippen LogP contribution is -2.02. The van der Waals surface area contributed by atoms with E-state index < -0.39 is 11.6 Å². The number of hydrogen-bond donors (Lipinski definition) is 0. The zero-order valence-electron chi connectivity index (χ0n) is 16.9. The number of halogens is 2. The summed E-state index contributed by atoms with van der Waals surface area (Å²) in [5.74, 6) is -2.29. The number of ether oxygens (including phenoxy) is 2. The van der Waals surface area contributed by atoms with Gasteiger partial charge in [-0.05, 0) is 54.2 Å². The molecule has 0 atom stereocenters. The molecule has 0 amide bonds. The van der Waals surface area contributed by atoms with Gasteiger partial charge in [0, 0.05) is 0 Å². The van der Waals surface area contributed by atoms with Gasteiger partial charge in [0.15, 0.2) is 11.5 Å². The van der Waals surface area contributed by atoms with Gasteiger partial charge in [0.1, 0.15) is 6.61 Å². The van der Waals surface area contributed by atoms with Crippen LogP contribution < -0.4 is 9.47 Å². The lowest BCUT2D eigenvalue weighted by Gasteiger charge is -2.11. The summed E-state index contributed by atoms with van der Waals surface area (Å²) in [6.07, 6.45) is 3.50. The second-order valence-corrected chi connectivity index (χ2v) is 6.91. The van der Waals surface area contributed by atoms with Crippen molar-refractivity contribution in [2.24, 2.45) is 0 Å². The first-order valence-electron chi connectivity index (χ1n) is 10.0. The Hall–Kier alpha value is -2.88. The lowest BCUT2D eigenvalue weighted by molar-refractivity contribution is 0.274. The minimum atomic E-state index is -1.03. The van der Waals surface area contributed by atoms with Crippen molar-refractivity contribution in [2.45, 2.75) is 39.7 Å². The molecule has 0 aliphatic heterocycles. The van der Waals surface area contributed by atoms with Gasteiger partial charge in [-0.1, -0.05) is 61.9 Å². The Morgan fingerprint density at radius 1 is 0.655 bits per heavy atom. The summed E-state index contributed by atoms with van der Waals surface area (Å²) in [5, 5.41) is 0. The van der Waals surface area contributed by atoms with E-state index in [9.17, 15) is 8.78 Å². The van der Waals surface area contributed by atoms with E-state index in [0.29, 0.717) is 0 Å². The van der Waals surface area contributed by atoms with Gasteiger partial charge in [0.25, 0.3) is 0 Å². The third-order valence-electron chi connectivity index (χ3n) is 4.77. The predicted octanol–water partition coefficient (Wildman–Crippen LogP) is 6.95. The van der Waals surface area contributed by atoms with Crippen LogP contribution in [0.3, 0.4) is 0 Å². The zero-order valence-corrected chi connectivity index (χ0v) is 16.9. The number of rotatable bonds is 9. The summed E-state index contributed by atoms with van der Waals surface area (Å²) in [7, 11) is 0. The molecule has 0 spiro atoms. The van der Waals surface area contributed by atoms with Crippen molar-refractivity contribution in [3.63, 3.8) is 0 Å². The molecule has 0 heterocycles. The summed E-state index contributed by atoms with van der Waals surface area (Å²) >= 11 is 0. The van der Waals surface area contributed by atoms with Crippen LogP contribution in [-0.2, 0) is 13.0 Å². The number of hydrogen-bond acceptors (Lipinski definition) is 2. The van der Waals surface area contributed by atoms with E-state index >= 15 is 0 Å². The van der Waals surface area contributed by atoms with Crippen molar-refractivity contribution in [1.29, 1.82) is 0 Å². The molecule has 0 aromatic heterocycles. The molecule has 4 heteroatoms. The summed E-state index contributed by atoms with van der Waals surface area (Å²) in [6, 6.07) is 19.3. The van der Waals surface area contributed by atoms with Gasteiger partial charge in [-0.25, -0.2) is 0 Å². The summed E-state index contributed by atoms with van der Waals surface area (Å²) in [5.41, 5.74) is 4.48. The van der Waals surface area contributed by atoms with E-state index in [4.69, 9.17) is 9.47 Å². The molecule has 0 N–H and O–H groups in total. The van der Waals surface area contributed by atoms with Crippen molar-refractivity contribution in [3.8, 4) is 22.6 Å². The Labute approximate surface area is 171 Å². The van der Waals surface area contributed by atoms with Crippen LogP contribution in [0.15, 0.2) is 60.7 Å². The molecule has 3 aromatic carbocycles. The first kappa shape index (κ1) is 20.8. The third kappa shape index (κ3) is 5.35. The lowest BCUT2D eigenvalue weighted by atomic mass is 10.0. The molecule has 29 heavy (non-hydrogen) atoms. The highest BCUT2D eigenvalue weighted by Gasteiger charge is 2.15. The maximum absolute atomic E-state index is 14.1. The second-order valence-electron chi connectivity index (χ2n) is 6.91. The Balaban J connectivity index is 1.63. The molecule has 3 aromatic rings. The van der Waals surface area contributed by atoms with Gasteiger partial charge in [-0.15, -0.1) is 0 Å². The van der Waals surface area contributed by atoms with Gasteiger partial charge in [0.05, 0.1) is 6.61 Å². The normalized spacial score (nSPS) is 10.8. The van der Waals surface area contributed by atoms with Crippen molar-refractivity contribution in [1.82, 2.24) is 0 Å². The maximum atomic E-state index is 14.1. The fourth-order valence-corrected chi connectivity index (χ4v) is 3.09. The van der Waals surface area contributed by atoms with E-state index in [0.717, 1.165) is 23.1 Å². The Kier molecular flexibility index (Phi) is 7.23. The van der Waals surface area contributed by atoms with E-state index in [1.54, 1.807) is 6.92 Å². The van der Waals surface area contributed by atoms with Gasteiger partial charge >= 0.3 is 0 Å². The van der Waals surface area contributed by atoms with E-state index in [2.05, 4.69) is 31.2 Å². The van der Waals surface area contributed by atoms with Crippen molar-refractivity contribution in [2.75, 3.05) is 6.61 Å².